The van der Waals surface area contributed by atoms with Gasteiger partial charge in [-0.15, -0.1) is 0 Å². The Balaban J connectivity index is 1.31. The Morgan fingerprint density at radius 1 is 1.11 bits per heavy atom. The number of fused-ring (bicyclic) bond motifs is 3. The summed E-state index contributed by atoms with van der Waals surface area (Å²) < 4.78 is 8.05. The number of pyridine rings is 1. The first-order valence-corrected chi connectivity index (χ1v) is 16.5. The predicted octanol–water partition coefficient (Wildman–Crippen LogP) is 5.04. The van der Waals surface area contributed by atoms with Crippen molar-refractivity contribution in [3.8, 4) is 0 Å². The number of urea groups is 1. The minimum absolute atomic E-state index is 0.00523. The van der Waals surface area contributed by atoms with Gasteiger partial charge < -0.3 is 14.6 Å². The molecule has 2 aliphatic heterocycles. The molecule has 0 radical (unpaired) electrons. The van der Waals surface area contributed by atoms with Crippen LogP contribution in [0.15, 0.2) is 48.8 Å². The van der Waals surface area contributed by atoms with Crippen LogP contribution in [0.4, 0.5) is 10.5 Å². The maximum Gasteiger partial charge on any atom is 0.322 e. The van der Waals surface area contributed by atoms with Crippen molar-refractivity contribution >= 4 is 30.8 Å². The third kappa shape index (κ3) is 5.44. The van der Waals surface area contributed by atoms with Crippen LogP contribution in [0.5, 0.6) is 0 Å². The molecule has 2 aromatic heterocycles. The molecule has 0 saturated carbocycles. The van der Waals surface area contributed by atoms with Gasteiger partial charge in [-0.25, -0.2) is 9.78 Å². The van der Waals surface area contributed by atoms with Gasteiger partial charge in [-0.1, -0.05) is 50.0 Å². The van der Waals surface area contributed by atoms with E-state index < -0.39 is 8.07 Å². The third-order valence-corrected chi connectivity index (χ3v) is 8.83. The number of amides is 2. The van der Waals surface area contributed by atoms with E-state index in [1.54, 1.807) is 0 Å². The number of benzene rings is 1. The first-order chi connectivity index (χ1) is 16.9. The van der Waals surface area contributed by atoms with E-state index in [0.717, 1.165) is 67.4 Å². The van der Waals surface area contributed by atoms with E-state index in [0.29, 0.717) is 13.3 Å². The molecule has 0 unspecified atom stereocenters. The Hall–Kier alpha value is -2.68. The largest absolute Gasteiger partial charge is 0.361 e. The Kier molecular flexibility index (Phi) is 6.95. The number of hydrogen-bond donors (Lipinski definition) is 1. The van der Waals surface area contributed by atoms with Gasteiger partial charge >= 0.3 is 6.03 Å². The van der Waals surface area contributed by atoms with E-state index in [1.807, 2.05) is 17.3 Å². The number of likely N-dealkylation sites (tertiary alicyclic amines) is 1. The fourth-order valence-corrected chi connectivity index (χ4v) is 5.87. The summed E-state index contributed by atoms with van der Waals surface area (Å²) in [5.74, 6) is 0. The molecule has 0 spiro atoms. The number of aromatic nitrogens is 2. The summed E-state index contributed by atoms with van der Waals surface area (Å²) >= 11 is 0. The molecule has 35 heavy (non-hydrogen) atoms. The second-order valence-electron chi connectivity index (χ2n) is 11.0. The molecular formula is C27H37N5O2Si. The van der Waals surface area contributed by atoms with Crippen molar-refractivity contribution < 1.29 is 9.53 Å². The van der Waals surface area contributed by atoms with Gasteiger partial charge in [0.2, 0.25) is 0 Å². The second kappa shape index (κ2) is 10.1. The number of carbonyl (C=O) groups excluding carboxylic acids is 1. The lowest BCUT2D eigenvalue weighted by atomic mass is 9.99. The van der Waals surface area contributed by atoms with Crippen LogP contribution in [0.1, 0.15) is 24.0 Å². The Morgan fingerprint density at radius 3 is 2.63 bits per heavy atom. The summed E-state index contributed by atoms with van der Waals surface area (Å²) in [6, 6.07) is 14.1. The van der Waals surface area contributed by atoms with Gasteiger partial charge in [0.15, 0.2) is 0 Å². The van der Waals surface area contributed by atoms with Gasteiger partial charge in [-0.3, -0.25) is 9.80 Å². The Labute approximate surface area is 209 Å². The quantitative estimate of drug-likeness (QED) is 0.354. The molecular weight excluding hydrogens is 454 g/mol. The van der Waals surface area contributed by atoms with Crippen molar-refractivity contribution in [3.63, 3.8) is 0 Å². The lowest BCUT2D eigenvalue weighted by Gasteiger charge is -2.41. The van der Waals surface area contributed by atoms with Crippen molar-refractivity contribution in [2.24, 2.45) is 0 Å². The van der Waals surface area contributed by atoms with Crippen LogP contribution in [0.3, 0.4) is 0 Å². The van der Waals surface area contributed by atoms with Gasteiger partial charge in [0, 0.05) is 70.2 Å². The van der Waals surface area contributed by atoms with Crippen LogP contribution < -0.4 is 10.2 Å². The third-order valence-electron chi connectivity index (χ3n) is 7.12. The molecule has 1 fully saturated rings. The number of ether oxygens (including phenoxy) is 1. The molecule has 186 valence electrons. The number of hydrogen-bond acceptors (Lipinski definition) is 4. The summed E-state index contributed by atoms with van der Waals surface area (Å²) in [6.07, 6.45) is 5.89. The molecule has 0 bridgehead atoms. The number of carbonyl (C=O) groups is 1. The first kappa shape index (κ1) is 24.0. The molecule has 2 aliphatic rings. The van der Waals surface area contributed by atoms with Crippen LogP contribution in [0, 0.1) is 0 Å². The predicted molar refractivity (Wildman–Crippen MR) is 143 cm³/mol. The molecule has 3 aromatic rings. The monoisotopic (exact) mass is 491 g/mol. The zero-order chi connectivity index (χ0) is 24.4. The van der Waals surface area contributed by atoms with Crippen LogP contribution in [0.2, 0.25) is 25.7 Å². The van der Waals surface area contributed by atoms with E-state index in [1.165, 1.54) is 5.56 Å². The summed E-state index contributed by atoms with van der Waals surface area (Å²) in [5.41, 5.74) is 4.34. The van der Waals surface area contributed by atoms with Crippen molar-refractivity contribution in [1.29, 1.82) is 0 Å². The highest BCUT2D eigenvalue weighted by Gasteiger charge is 2.34. The highest BCUT2D eigenvalue weighted by molar-refractivity contribution is 6.76. The highest BCUT2D eigenvalue weighted by atomic mass is 28.3. The van der Waals surface area contributed by atoms with Gasteiger partial charge in [0.25, 0.3) is 0 Å². The second-order valence-corrected chi connectivity index (χ2v) is 16.6. The number of nitrogens with zero attached hydrogens (tertiary/aromatic N) is 4. The fourth-order valence-electron chi connectivity index (χ4n) is 5.11. The molecule has 5 rings (SSSR count). The van der Waals surface area contributed by atoms with Crippen molar-refractivity contribution in [2.75, 3.05) is 24.6 Å². The van der Waals surface area contributed by atoms with Gasteiger partial charge in [-0.2, -0.15) is 0 Å². The smallest absolute Gasteiger partial charge is 0.322 e. The lowest BCUT2D eigenvalue weighted by molar-refractivity contribution is 0.0899. The summed E-state index contributed by atoms with van der Waals surface area (Å²) in [7, 11) is -1.12. The summed E-state index contributed by atoms with van der Waals surface area (Å²) in [4.78, 5) is 22.4. The molecule has 0 atom stereocenters. The summed E-state index contributed by atoms with van der Waals surface area (Å²) in [6.45, 7) is 11.8. The minimum atomic E-state index is -1.12. The van der Waals surface area contributed by atoms with Crippen LogP contribution in [-0.4, -0.2) is 54.3 Å². The maximum atomic E-state index is 13.1. The first-order valence-electron chi connectivity index (χ1n) is 12.8. The van der Waals surface area contributed by atoms with Gasteiger partial charge in [-0.05, 0) is 30.5 Å². The Bertz CT molecular complexity index is 1170. The van der Waals surface area contributed by atoms with Crippen LogP contribution >= 0.6 is 0 Å². The van der Waals surface area contributed by atoms with Gasteiger partial charge in [0.05, 0.1) is 5.69 Å². The normalized spacial score (nSPS) is 17.6. The molecule has 8 heteroatoms. The fraction of sp³-hybridized carbons (Fsp3) is 0.481. The lowest BCUT2D eigenvalue weighted by Crippen LogP contribution is -2.53. The molecule has 0 aliphatic carbocycles. The average Bonchev–Trinajstić information content (AvgIpc) is 3.26. The molecule has 1 saturated heterocycles. The summed E-state index contributed by atoms with van der Waals surface area (Å²) in [5, 5.41) is 4.11. The SMILES string of the molecule is C[Si](C)(C)CCOCn1ccc2c3c(cnc21)CNC(=O)N3C1CCN(Cc2ccccc2)CC1. The van der Waals surface area contributed by atoms with Gasteiger partial charge in [0.1, 0.15) is 12.4 Å². The zero-order valence-electron chi connectivity index (χ0n) is 21.2. The van der Waals surface area contributed by atoms with E-state index in [9.17, 15) is 4.79 Å². The maximum absolute atomic E-state index is 13.1. The van der Waals surface area contributed by atoms with Crippen molar-refractivity contribution in [1.82, 2.24) is 19.8 Å². The van der Waals surface area contributed by atoms with Crippen molar-refractivity contribution in [3.05, 3.63) is 59.9 Å². The van der Waals surface area contributed by atoms with E-state index in [4.69, 9.17) is 9.72 Å². The number of rotatable bonds is 8. The zero-order valence-corrected chi connectivity index (χ0v) is 22.2. The standard InChI is InChI=1S/C27H37N5O2Si/c1-35(2,3)16-15-34-20-31-14-11-24-25-22(17-28-26(24)31)18-29-27(33)32(25)23-9-12-30(13-10-23)19-21-7-5-4-6-8-21/h4-8,11,14,17,23H,9-10,12-13,15-16,18-20H2,1-3H3,(H,29,33). The van der Waals surface area contributed by atoms with E-state index in [2.05, 4.69) is 70.8 Å². The van der Waals surface area contributed by atoms with Crippen molar-refractivity contribution in [2.45, 2.75) is 64.4 Å². The minimum Gasteiger partial charge on any atom is -0.361 e. The van der Waals surface area contributed by atoms with E-state index in [-0.39, 0.29) is 12.1 Å². The highest BCUT2D eigenvalue weighted by Crippen LogP contribution is 2.36. The molecule has 1 aromatic carbocycles. The number of piperidine rings is 1. The molecule has 1 N–H and O–H groups in total. The van der Waals surface area contributed by atoms with E-state index >= 15 is 0 Å². The molecule has 2 amide bonds. The molecule has 7 nitrogen and oxygen atoms in total. The van der Waals surface area contributed by atoms with Crippen LogP contribution in [-0.2, 0) is 24.6 Å². The average molecular weight is 492 g/mol. The Morgan fingerprint density at radius 2 is 1.89 bits per heavy atom. The topological polar surface area (TPSA) is 62.6 Å². The van der Waals surface area contributed by atoms with Crippen LogP contribution in [0.25, 0.3) is 11.0 Å². The number of anilines is 1. The molecule has 4 heterocycles. The number of nitrogens with one attached hydrogen (secondary N) is 1.